The predicted molar refractivity (Wildman–Crippen MR) is 92.2 cm³/mol. The molecule has 6 nitrogen and oxygen atoms in total. The van der Waals surface area contributed by atoms with Crippen LogP contribution in [0.3, 0.4) is 0 Å². The average Bonchev–Trinajstić information content (AvgIpc) is 3.18. The molecule has 3 amide bonds. The van der Waals surface area contributed by atoms with Crippen LogP contribution in [0.1, 0.15) is 21.8 Å². The molecule has 3 heterocycles. The van der Waals surface area contributed by atoms with Crippen molar-refractivity contribution < 1.29 is 9.59 Å². The van der Waals surface area contributed by atoms with E-state index in [0.717, 1.165) is 9.88 Å². The molecule has 0 aliphatic carbocycles. The number of thiophene rings is 1. The third-order valence-corrected chi connectivity index (χ3v) is 6.14. The van der Waals surface area contributed by atoms with Crippen molar-refractivity contribution in [1.29, 1.82) is 0 Å². The summed E-state index contributed by atoms with van der Waals surface area (Å²) in [4.78, 5) is 31.4. The van der Waals surface area contributed by atoms with E-state index >= 15 is 0 Å². The van der Waals surface area contributed by atoms with Gasteiger partial charge in [-0.25, -0.2) is 9.78 Å². The highest BCUT2D eigenvalue weighted by Crippen LogP contribution is 2.35. The number of rotatable bonds is 3. The van der Waals surface area contributed by atoms with E-state index < -0.39 is 6.03 Å². The highest BCUT2D eigenvalue weighted by Gasteiger charge is 2.30. The van der Waals surface area contributed by atoms with Crippen LogP contribution in [0.2, 0.25) is 4.34 Å². The second-order valence-electron chi connectivity index (χ2n) is 5.28. The Kier molecular flexibility index (Phi) is 4.56. The first-order valence-electron chi connectivity index (χ1n) is 7.02. The molecule has 0 bridgehead atoms. The van der Waals surface area contributed by atoms with Crippen LogP contribution in [0, 0.1) is 6.92 Å². The quantitative estimate of drug-likeness (QED) is 0.870. The third kappa shape index (κ3) is 3.49. The van der Waals surface area contributed by atoms with E-state index in [0.29, 0.717) is 34.4 Å². The van der Waals surface area contributed by atoms with Gasteiger partial charge in [-0.2, -0.15) is 0 Å². The number of carbonyl (C=O) groups is 2. The van der Waals surface area contributed by atoms with Crippen molar-refractivity contribution in [3.63, 3.8) is 0 Å². The number of amides is 3. The fraction of sp³-hybridized carbons (Fsp3) is 0.357. The molecule has 1 unspecified atom stereocenters. The van der Waals surface area contributed by atoms with Crippen molar-refractivity contribution in [3.05, 3.63) is 27.0 Å². The molecule has 1 aliphatic rings. The maximum absolute atomic E-state index is 12.7. The zero-order valence-electron chi connectivity index (χ0n) is 12.3. The highest BCUT2D eigenvalue weighted by atomic mass is 35.5. The van der Waals surface area contributed by atoms with Crippen molar-refractivity contribution in [2.75, 3.05) is 13.1 Å². The van der Waals surface area contributed by atoms with Gasteiger partial charge in [0.05, 0.1) is 14.9 Å². The Bertz CT molecular complexity index is 758. The first-order chi connectivity index (χ1) is 10.9. The Hall–Kier alpha value is -1.64. The summed E-state index contributed by atoms with van der Waals surface area (Å²) in [5.74, 6) is -0.0531. The lowest BCUT2D eigenvalue weighted by molar-refractivity contribution is 0.0793. The molecule has 3 rings (SSSR count). The topological polar surface area (TPSA) is 88.3 Å². The maximum Gasteiger partial charge on any atom is 0.312 e. The lowest BCUT2D eigenvalue weighted by atomic mass is 10.3. The fourth-order valence-corrected chi connectivity index (χ4v) is 4.67. The molecule has 122 valence electrons. The lowest BCUT2D eigenvalue weighted by Crippen LogP contribution is -2.41. The summed E-state index contributed by atoms with van der Waals surface area (Å²) < 4.78 is 0.695. The number of nitrogens with zero attached hydrogens (tertiary/aromatic N) is 2. The maximum atomic E-state index is 12.7. The van der Waals surface area contributed by atoms with Crippen LogP contribution in [-0.2, 0) is 0 Å². The molecule has 9 heteroatoms. The minimum absolute atomic E-state index is 0.0531. The van der Waals surface area contributed by atoms with Gasteiger partial charge in [0.2, 0.25) is 0 Å². The summed E-state index contributed by atoms with van der Waals surface area (Å²) >= 11 is 8.77. The fourth-order valence-electron chi connectivity index (χ4n) is 2.54. The van der Waals surface area contributed by atoms with Crippen LogP contribution in [0.4, 0.5) is 4.79 Å². The zero-order chi connectivity index (χ0) is 16.6. The minimum atomic E-state index is -0.560. The lowest BCUT2D eigenvalue weighted by Gasteiger charge is -2.15. The molecule has 0 aromatic carbocycles. The van der Waals surface area contributed by atoms with Gasteiger partial charge in [0.25, 0.3) is 5.91 Å². The second-order valence-corrected chi connectivity index (χ2v) is 8.00. The van der Waals surface area contributed by atoms with Crippen molar-refractivity contribution >= 4 is 46.2 Å². The van der Waals surface area contributed by atoms with Gasteiger partial charge in [-0.15, -0.1) is 22.7 Å². The van der Waals surface area contributed by atoms with E-state index in [1.165, 1.54) is 22.7 Å². The Morgan fingerprint density at radius 2 is 2.22 bits per heavy atom. The van der Waals surface area contributed by atoms with E-state index in [9.17, 15) is 9.59 Å². The molecule has 1 atom stereocenters. The van der Waals surface area contributed by atoms with Gasteiger partial charge in [0.15, 0.2) is 0 Å². The number of nitrogens with one attached hydrogen (secondary N) is 1. The summed E-state index contributed by atoms with van der Waals surface area (Å²) in [7, 11) is 0. The van der Waals surface area contributed by atoms with Crippen LogP contribution in [0.15, 0.2) is 12.1 Å². The summed E-state index contributed by atoms with van der Waals surface area (Å²) in [6, 6.07) is 3.08. The predicted octanol–water partition coefficient (Wildman–Crippen LogP) is 2.72. The number of aryl methyl sites for hydroxylation is 1. The molecule has 2 aromatic heterocycles. The number of urea groups is 1. The van der Waals surface area contributed by atoms with Crippen LogP contribution >= 0.6 is 34.3 Å². The van der Waals surface area contributed by atoms with Gasteiger partial charge in [-0.05, 0) is 25.5 Å². The highest BCUT2D eigenvalue weighted by molar-refractivity contribution is 7.24. The van der Waals surface area contributed by atoms with Gasteiger partial charge in [-0.1, -0.05) is 11.6 Å². The molecule has 3 N–H and O–H groups in total. The van der Waals surface area contributed by atoms with Crippen LogP contribution in [0.5, 0.6) is 0 Å². The van der Waals surface area contributed by atoms with Gasteiger partial charge >= 0.3 is 6.03 Å². The molecule has 1 fully saturated rings. The number of nitrogens with two attached hydrogens (primary N) is 1. The summed E-state index contributed by atoms with van der Waals surface area (Å²) in [5, 5.41) is 3.45. The monoisotopic (exact) mass is 370 g/mol. The molecule has 0 saturated carbocycles. The standard InChI is InChI=1S/C14H15ClN4O2S2/c1-7-11(23-12(17-7)9-2-3-10(15)22-9)13(20)19-5-4-8(6-19)18-14(16)21/h2-3,8H,4-6H2,1H3,(H3,16,18,21). The second kappa shape index (κ2) is 6.46. The number of halogens is 1. The van der Waals surface area contributed by atoms with Crippen molar-refractivity contribution in [2.24, 2.45) is 5.73 Å². The van der Waals surface area contributed by atoms with Crippen molar-refractivity contribution in [1.82, 2.24) is 15.2 Å². The number of primary amides is 1. The van der Waals surface area contributed by atoms with Crippen LogP contribution in [0.25, 0.3) is 9.88 Å². The average molecular weight is 371 g/mol. The normalized spacial score (nSPS) is 17.5. The number of hydrogen-bond donors (Lipinski definition) is 2. The first-order valence-corrected chi connectivity index (χ1v) is 9.03. The van der Waals surface area contributed by atoms with Gasteiger partial charge in [0, 0.05) is 19.1 Å². The van der Waals surface area contributed by atoms with Gasteiger partial charge in [-0.3, -0.25) is 4.79 Å². The SMILES string of the molecule is Cc1nc(-c2ccc(Cl)s2)sc1C(=O)N1CCC(NC(N)=O)C1. The molecule has 0 spiro atoms. The van der Waals surface area contributed by atoms with E-state index in [4.69, 9.17) is 17.3 Å². The van der Waals surface area contributed by atoms with E-state index in [-0.39, 0.29) is 11.9 Å². The van der Waals surface area contributed by atoms with E-state index in [1.54, 1.807) is 4.90 Å². The molecule has 1 saturated heterocycles. The minimum Gasteiger partial charge on any atom is -0.352 e. The van der Waals surface area contributed by atoms with Crippen molar-refractivity contribution in [2.45, 2.75) is 19.4 Å². The van der Waals surface area contributed by atoms with E-state index in [1.807, 2.05) is 19.1 Å². The number of likely N-dealkylation sites (tertiary alicyclic amines) is 1. The van der Waals surface area contributed by atoms with Crippen LogP contribution in [-0.4, -0.2) is 41.0 Å². The van der Waals surface area contributed by atoms with Gasteiger partial charge < -0.3 is 16.0 Å². The smallest absolute Gasteiger partial charge is 0.312 e. The molecule has 2 aromatic rings. The van der Waals surface area contributed by atoms with E-state index in [2.05, 4.69) is 10.3 Å². The van der Waals surface area contributed by atoms with Crippen LogP contribution < -0.4 is 11.1 Å². The van der Waals surface area contributed by atoms with Crippen molar-refractivity contribution in [3.8, 4) is 9.88 Å². The molecule has 1 aliphatic heterocycles. The molecular formula is C14H15ClN4O2S2. The molecule has 0 radical (unpaired) electrons. The summed E-state index contributed by atoms with van der Waals surface area (Å²) in [6.07, 6.45) is 0.708. The summed E-state index contributed by atoms with van der Waals surface area (Å²) in [6.45, 7) is 2.90. The molecular weight excluding hydrogens is 356 g/mol. The molecule has 23 heavy (non-hydrogen) atoms. The number of thiazole rings is 1. The Labute approximate surface area is 146 Å². The Morgan fingerprint density at radius 3 is 2.87 bits per heavy atom. The van der Waals surface area contributed by atoms with Gasteiger partial charge in [0.1, 0.15) is 9.88 Å². The Balaban J connectivity index is 1.76. The number of aromatic nitrogens is 1. The summed E-state index contributed by atoms with van der Waals surface area (Å²) in [5.41, 5.74) is 5.84. The first kappa shape index (κ1) is 16.2. The third-order valence-electron chi connectivity index (χ3n) is 3.60. The number of carbonyl (C=O) groups excluding carboxylic acids is 2. The number of hydrogen-bond acceptors (Lipinski definition) is 5. The Morgan fingerprint density at radius 1 is 1.43 bits per heavy atom. The zero-order valence-corrected chi connectivity index (χ0v) is 14.7. The largest absolute Gasteiger partial charge is 0.352 e.